The molecule has 1 aliphatic heterocycles. The van der Waals surface area contributed by atoms with Crippen LogP contribution in [0.5, 0.6) is 5.75 Å². The van der Waals surface area contributed by atoms with Gasteiger partial charge in [0.25, 0.3) is 5.91 Å². The van der Waals surface area contributed by atoms with E-state index in [1.54, 1.807) is 7.11 Å². The van der Waals surface area contributed by atoms with Crippen molar-refractivity contribution in [1.82, 2.24) is 10.2 Å². The molecule has 0 aromatic heterocycles. The Morgan fingerprint density at radius 3 is 2.59 bits per heavy atom. The van der Waals surface area contributed by atoms with Crippen LogP contribution in [0.4, 0.5) is 0 Å². The van der Waals surface area contributed by atoms with Crippen LogP contribution in [0.2, 0.25) is 0 Å². The molecular formula is C18H28N2O2. The first-order valence-corrected chi connectivity index (χ1v) is 8.29. The summed E-state index contributed by atoms with van der Waals surface area (Å²) >= 11 is 0. The monoisotopic (exact) mass is 304 g/mol. The minimum Gasteiger partial charge on any atom is -0.497 e. The Labute approximate surface area is 133 Å². The molecule has 1 unspecified atom stereocenters. The van der Waals surface area contributed by atoms with E-state index in [2.05, 4.69) is 37.1 Å². The topological polar surface area (TPSA) is 41.6 Å². The molecular weight excluding hydrogens is 276 g/mol. The van der Waals surface area contributed by atoms with Gasteiger partial charge in [-0.3, -0.25) is 4.79 Å². The standard InChI is InChI=1S/C18H28N2O2/c1-5-18(10-11-20(6-2)7-3)13-19-17(21)15-9-8-14(22-4)12-16(15)18/h8-9,12H,5-7,10-11,13H2,1-4H3,(H,19,21). The second-order valence-electron chi connectivity index (χ2n) is 6.00. The van der Waals surface area contributed by atoms with Gasteiger partial charge in [-0.1, -0.05) is 20.8 Å². The summed E-state index contributed by atoms with van der Waals surface area (Å²) in [6.45, 7) is 10.5. The van der Waals surface area contributed by atoms with Crippen molar-refractivity contribution < 1.29 is 9.53 Å². The van der Waals surface area contributed by atoms with Crippen molar-refractivity contribution >= 4 is 5.91 Å². The Morgan fingerprint density at radius 2 is 2.00 bits per heavy atom. The zero-order valence-corrected chi connectivity index (χ0v) is 14.2. The number of benzene rings is 1. The molecule has 0 spiro atoms. The van der Waals surface area contributed by atoms with Crippen LogP contribution in [-0.4, -0.2) is 44.1 Å². The van der Waals surface area contributed by atoms with Gasteiger partial charge in [-0.15, -0.1) is 0 Å². The highest BCUT2D eigenvalue weighted by Gasteiger charge is 2.38. The number of fused-ring (bicyclic) bond motifs is 1. The second kappa shape index (κ2) is 7.14. The average molecular weight is 304 g/mol. The quantitative estimate of drug-likeness (QED) is 0.842. The summed E-state index contributed by atoms with van der Waals surface area (Å²) in [5, 5.41) is 3.08. The summed E-state index contributed by atoms with van der Waals surface area (Å²) in [7, 11) is 1.67. The number of ether oxygens (including phenoxy) is 1. The Kier molecular flexibility index (Phi) is 5.46. The highest BCUT2D eigenvalue weighted by atomic mass is 16.5. The molecule has 1 aliphatic rings. The lowest BCUT2D eigenvalue weighted by Crippen LogP contribution is -2.48. The van der Waals surface area contributed by atoms with Gasteiger partial charge in [-0.05, 0) is 56.2 Å². The largest absolute Gasteiger partial charge is 0.497 e. The van der Waals surface area contributed by atoms with Gasteiger partial charge in [0.15, 0.2) is 0 Å². The van der Waals surface area contributed by atoms with Crippen LogP contribution in [0.15, 0.2) is 18.2 Å². The molecule has 0 radical (unpaired) electrons. The van der Waals surface area contributed by atoms with Crippen LogP contribution in [-0.2, 0) is 5.41 Å². The molecule has 22 heavy (non-hydrogen) atoms. The van der Waals surface area contributed by atoms with E-state index in [0.29, 0.717) is 6.54 Å². The number of carbonyl (C=O) groups excluding carboxylic acids is 1. The highest BCUT2D eigenvalue weighted by molar-refractivity contribution is 5.97. The maximum absolute atomic E-state index is 12.2. The number of nitrogens with zero attached hydrogens (tertiary/aromatic N) is 1. The van der Waals surface area contributed by atoms with Gasteiger partial charge < -0.3 is 15.0 Å². The molecule has 122 valence electrons. The molecule has 1 aromatic carbocycles. The van der Waals surface area contributed by atoms with Gasteiger partial charge in [0.1, 0.15) is 5.75 Å². The smallest absolute Gasteiger partial charge is 0.251 e. The van der Waals surface area contributed by atoms with Crippen LogP contribution in [0, 0.1) is 0 Å². The van der Waals surface area contributed by atoms with E-state index >= 15 is 0 Å². The number of methoxy groups -OCH3 is 1. The van der Waals surface area contributed by atoms with Crippen LogP contribution < -0.4 is 10.1 Å². The highest BCUT2D eigenvalue weighted by Crippen LogP contribution is 2.38. The van der Waals surface area contributed by atoms with E-state index in [9.17, 15) is 4.79 Å². The maximum atomic E-state index is 12.2. The SMILES string of the molecule is CCN(CC)CCC1(CC)CNC(=O)c2ccc(OC)cc21. The lowest BCUT2D eigenvalue weighted by Gasteiger charge is -2.40. The minimum absolute atomic E-state index is 0.000370. The molecule has 4 heteroatoms. The maximum Gasteiger partial charge on any atom is 0.251 e. The molecule has 4 nitrogen and oxygen atoms in total. The summed E-state index contributed by atoms with van der Waals surface area (Å²) in [6.07, 6.45) is 2.06. The molecule has 0 aliphatic carbocycles. The van der Waals surface area contributed by atoms with E-state index in [1.807, 2.05) is 12.1 Å². The lowest BCUT2D eigenvalue weighted by molar-refractivity contribution is 0.0916. The van der Waals surface area contributed by atoms with E-state index in [0.717, 1.165) is 49.4 Å². The van der Waals surface area contributed by atoms with Crippen LogP contribution in [0.3, 0.4) is 0 Å². The number of carbonyl (C=O) groups is 1. The molecule has 0 fully saturated rings. The first-order valence-electron chi connectivity index (χ1n) is 8.29. The Hall–Kier alpha value is -1.55. The van der Waals surface area contributed by atoms with E-state index in [-0.39, 0.29) is 11.3 Å². The van der Waals surface area contributed by atoms with Crippen molar-refractivity contribution in [3.8, 4) is 5.75 Å². The van der Waals surface area contributed by atoms with E-state index < -0.39 is 0 Å². The second-order valence-corrected chi connectivity index (χ2v) is 6.00. The first-order chi connectivity index (χ1) is 10.6. The van der Waals surface area contributed by atoms with Crippen LogP contribution in [0.25, 0.3) is 0 Å². The third kappa shape index (κ3) is 3.12. The Bertz CT molecular complexity index is 526. The molecule has 0 bridgehead atoms. The fraction of sp³-hybridized carbons (Fsp3) is 0.611. The molecule has 0 saturated carbocycles. The number of amides is 1. The summed E-state index contributed by atoms with van der Waals surface area (Å²) in [4.78, 5) is 14.6. The van der Waals surface area contributed by atoms with Gasteiger partial charge in [0.05, 0.1) is 7.11 Å². The normalized spacial score (nSPS) is 20.7. The third-order valence-corrected chi connectivity index (χ3v) is 5.11. The van der Waals surface area contributed by atoms with Crippen molar-refractivity contribution in [3.05, 3.63) is 29.3 Å². The molecule has 1 N–H and O–H groups in total. The Balaban J connectivity index is 2.36. The average Bonchev–Trinajstić information content (AvgIpc) is 2.57. The Morgan fingerprint density at radius 1 is 1.27 bits per heavy atom. The minimum atomic E-state index is 0.000370. The van der Waals surface area contributed by atoms with Crippen molar-refractivity contribution in [2.24, 2.45) is 0 Å². The number of rotatable bonds is 7. The zero-order chi connectivity index (χ0) is 16.2. The van der Waals surface area contributed by atoms with Gasteiger partial charge in [-0.25, -0.2) is 0 Å². The molecule has 1 aromatic rings. The van der Waals surface area contributed by atoms with E-state index in [1.165, 1.54) is 0 Å². The lowest BCUT2D eigenvalue weighted by atomic mass is 9.71. The van der Waals surface area contributed by atoms with Crippen molar-refractivity contribution in [1.29, 1.82) is 0 Å². The number of nitrogens with one attached hydrogen (secondary N) is 1. The van der Waals surface area contributed by atoms with Crippen molar-refractivity contribution in [2.45, 2.75) is 39.0 Å². The first kappa shape index (κ1) is 16.8. The fourth-order valence-electron chi connectivity index (χ4n) is 3.35. The van der Waals surface area contributed by atoms with Crippen LogP contribution in [0.1, 0.15) is 49.5 Å². The fourth-order valence-corrected chi connectivity index (χ4v) is 3.35. The van der Waals surface area contributed by atoms with Crippen LogP contribution >= 0.6 is 0 Å². The summed E-state index contributed by atoms with van der Waals surface area (Å²) in [6, 6.07) is 5.82. The molecule has 0 saturated heterocycles. The van der Waals surface area contributed by atoms with E-state index in [4.69, 9.17) is 4.74 Å². The summed E-state index contributed by atoms with van der Waals surface area (Å²) < 4.78 is 5.38. The van der Waals surface area contributed by atoms with Gasteiger partial charge >= 0.3 is 0 Å². The summed E-state index contributed by atoms with van der Waals surface area (Å²) in [5.41, 5.74) is 1.94. The van der Waals surface area contributed by atoms with Gasteiger partial charge in [0.2, 0.25) is 0 Å². The molecule has 1 heterocycles. The van der Waals surface area contributed by atoms with Crippen molar-refractivity contribution in [3.63, 3.8) is 0 Å². The number of hydrogen-bond donors (Lipinski definition) is 1. The molecule has 1 amide bonds. The third-order valence-electron chi connectivity index (χ3n) is 5.11. The van der Waals surface area contributed by atoms with Gasteiger partial charge in [-0.2, -0.15) is 0 Å². The zero-order valence-electron chi connectivity index (χ0n) is 14.2. The molecule has 1 atom stereocenters. The summed E-state index contributed by atoms with van der Waals surface area (Å²) in [5.74, 6) is 0.860. The van der Waals surface area contributed by atoms with Gasteiger partial charge in [0, 0.05) is 17.5 Å². The predicted molar refractivity (Wildman–Crippen MR) is 89.7 cm³/mol. The number of hydrogen-bond acceptors (Lipinski definition) is 3. The predicted octanol–water partition coefficient (Wildman–Crippen LogP) is 2.82. The molecule has 2 rings (SSSR count). The van der Waals surface area contributed by atoms with Crippen molar-refractivity contribution in [2.75, 3.05) is 33.3 Å².